The first-order valence-corrected chi connectivity index (χ1v) is 18.9. The lowest BCUT2D eigenvalue weighted by atomic mass is 9.90. The van der Waals surface area contributed by atoms with Crippen LogP contribution in [0.2, 0.25) is 0 Å². The zero-order chi connectivity index (χ0) is 37.0. The summed E-state index contributed by atoms with van der Waals surface area (Å²) in [6, 6.07) is 64.4. The molecule has 4 nitrogen and oxygen atoms in total. The first-order chi connectivity index (χ1) is 27.7. The van der Waals surface area contributed by atoms with Crippen LogP contribution >= 0.6 is 0 Å². The van der Waals surface area contributed by atoms with Crippen LogP contribution in [0.4, 0.5) is 0 Å². The van der Waals surface area contributed by atoms with Gasteiger partial charge in [0.15, 0.2) is 17.5 Å². The molecule has 0 amide bonds. The van der Waals surface area contributed by atoms with Gasteiger partial charge in [0.1, 0.15) is 0 Å². The molecule has 0 N–H and O–H groups in total. The van der Waals surface area contributed by atoms with Crippen molar-refractivity contribution in [2.45, 2.75) is 0 Å². The highest BCUT2D eigenvalue weighted by atomic mass is 15.0. The normalized spacial score (nSPS) is 11.6. The fourth-order valence-corrected chi connectivity index (χ4v) is 8.17. The van der Waals surface area contributed by atoms with E-state index >= 15 is 0 Å². The van der Waals surface area contributed by atoms with Crippen LogP contribution in [0.1, 0.15) is 0 Å². The molecule has 0 saturated heterocycles. The van der Waals surface area contributed by atoms with Crippen molar-refractivity contribution in [2.24, 2.45) is 0 Å². The zero-order valence-electron chi connectivity index (χ0n) is 30.3. The molecule has 0 spiro atoms. The van der Waals surface area contributed by atoms with Crippen LogP contribution < -0.4 is 0 Å². The van der Waals surface area contributed by atoms with Crippen LogP contribution in [-0.2, 0) is 0 Å². The smallest absolute Gasteiger partial charge is 0.164 e. The number of rotatable bonds is 5. The molecule has 0 atom stereocenters. The minimum absolute atomic E-state index is 0.628. The maximum absolute atomic E-state index is 5.13. The number of pyridine rings is 1. The van der Waals surface area contributed by atoms with Crippen molar-refractivity contribution in [3.8, 4) is 56.4 Å². The third-order valence-corrected chi connectivity index (χ3v) is 11.0. The van der Waals surface area contributed by atoms with Crippen molar-refractivity contribution in [1.82, 2.24) is 19.9 Å². The van der Waals surface area contributed by atoms with Gasteiger partial charge in [-0.05, 0) is 95.0 Å². The maximum Gasteiger partial charge on any atom is 0.164 e. The fraction of sp³-hybridized carbons (Fsp3) is 0. The van der Waals surface area contributed by atoms with Crippen molar-refractivity contribution < 1.29 is 0 Å². The Morgan fingerprint density at radius 2 is 0.839 bits per heavy atom. The van der Waals surface area contributed by atoms with E-state index in [4.69, 9.17) is 15.0 Å². The summed E-state index contributed by atoms with van der Waals surface area (Å²) in [6.45, 7) is 0. The summed E-state index contributed by atoms with van der Waals surface area (Å²) in [5, 5.41) is 12.1. The van der Waals surface area contributed by atoms with Crippen LogP contribution in [0.15, 0.2) is 194 Å². The molecule has 9 aromatic carbocycles. The van der Waals surface area contributed by atoms with Gasteiger partial charge in [0.25, 0.3) is 0 Å². The second-order valence-electron chi connectivity index (χ2n) is 14.3. The van der Waals surface area contributed by atoms with E-state index < -0.39 is 0 Å². The van der Waals surface area contributed by atoms with E-state index in [-0.39, 0.29) is 0 Å². The van der Waals surface area contributed by atoms with E-state index in [1.807, 2.05) is 42.7 Å². The third kappa shape index (κ3) is 5.47. The van der Waals surface area contributed by atoms with E-state index in [1.54, 1.807) is 0 Å². The molecular weight excluding hydrogens is 681 g/mol. The summed E-state index contributed by atoms with van der Waals surface area (Å²) in [7, 11) is 0. The van der Waals surface area contributed by atoms with E-state index in [0.29, 0.717) is 17.5 Å². The molecule has 2 heterocycles. The van der Waals surface area contributed by atoms with Gasteiger partial charge in [0, 0.05) is 34.5 Å². The van der Waals surface area contributed by atoms with Crippen molar-refractivity contribution in [2.75, 3.05) is 0 Å². The van der Waals surface area contributed by atoms with Crippen LogP contribution in [0.5, 0.6) is 0 Å². The molecule has 0 aliphatic rings. The Morgan fingerprint density at radius 1 is 0.286 bits per heavy atom. The van der Waals surface area contributed by atoms with Gasteiger partial charge in [0.05, 0.1) is 0 Å². The Hall–Kier alpha value is -7.56. The molecule has 0 fully saturated rings. The second-order valence-corrected chi connectivity index (χ2v) is 14.3. The highest BCUT2D eigenvalue weighted by molar-refractivity contribution is 6.22. The third-order valence-electron chi connectivity index (χ3n) is 11.0. The molecule has 56 heavy (non-hydrogen) atoms. The summed E-state index contributed by atoms with van der Waals surface area (Å²) in [5.41, 5.74) is 7.36. The lowest BCUT2D eigenvalue weighted by molar-refractivity contribution is 1.07. The van der Waals surface area contributed by atoms with Gasteiger partial charge in [-0.25, -0.2) is 15.0 Å². The first-order valence-electron chi connectivity index (χ1n) is 18.9. The summed E-state index contributed by atoms with van der Waals surface area (Å²) < 4.78 is 0. The quantitative estimate of drug-likeness (QED) is 0.167. The zero-order valence-corrected chi connectivity index (χ0v) is 30.3. The van der Waals surface area contributed by atoms with Gasteiger partial charge in [-0.1, -0.05) is 158 Å². The Morgan fingerprint density at radius 3 is 1.64 bits per heavy atom. The standard InChI is InChI=1S/C52H32N4/c1-2-11-37(12-3-1)50-54-51(56-52(55-50)42-14-8-13-39(29-42)40-24-21-35-18-17-33-9-4-6-15-43(33)46(35)30-40)38-22-19-36(20-23-38)47-31-41-27-28-53-32-48(41)45-26-25-34-10-5-7-16-44(34)49(45)47/h1-32H. The predicted octanol–water partition coefficient (Wildman–Crippen LogP) is 13.4. The van der Waals surface area contributed by atoms with Crippen LogP contribution in [0.25, 0.3) is 110 Å². The summed E-state index contributed by atoms with van der Waals surface area (Å²) in [6.07, 6.45) is 3.84. The molecule has 0 aliphatic carbocycles. The van der Waals surface area contributed by atoms with E-state index in [9.17, 15) is 0 Å². The van der Waals surface area contributed by atoms with Gasteiger partial charge < -0.3 is 0 Å². The molecule has 2 aromatic heterocycles. The fourth-order valence-electron chi connectivity index (χ4n) is 8.17. The van der Waals surface area contributed by atoms with Gasteiger partial charge in [-0.2, -0.15) is 0 Å². The highest BCUT2D eigenvalue weighted by Crippen LogP contribution is 2.40. The number of benzene rings is 9. The van der Waals surface area contributed by atoms with E-state index in [1.165, 1.54) is 48.7 Å². The maximum atomic E-state index is 5.13. The first kappa shape index (κ1) is 31.9. The topological polar surface area (TPSA) is 51.6 Å². The Labute approximate surface area is 323 Å². The van der Waals surface area contributed by atoms with E-state index in [0.717, 1.165) is 44.2 Å². The molecule has 4 heteroatoms. The molecule has 11 rings (SSSR count). The van der Waals surface area contributed by atoms with Crippen molar-refractivity contribution in [1.29, 1.82) is 0 Å². The monoisotopic (exact) mass is 712 g/mol. The molecule has 0 unspecified atom stereocenters. The summed E-state index contributed by atoms with van der Waals surface area (Å²) >= 11 is 0. The van der Waals surface area contributed by atoms with Crippen molar-refractivity contribution in [3.63, 3.8) is 0 Å². The van der Waals surface area contributed by atoms with Gasteiger partial charge >= 0.3 is 0 Å². The lowest BCUT2D eigenvalue weighted by Gasteiger charge is -2.14. The Balaban J connectivity index is 1.03. The highest BCUT2D eigenvalue weighted by Gasteiger charge is 2.16. The number of fused-ring (bicyclic) bond motifs is 8. The van der Waals surface area contributed by atoms with Crippen molar-refractivity contribution in [3.05, 3.63) is 194 Å². The molecule has 260 valence electrons. The number of nitrogens with zero attached hydrogens (tertiary/aromatic N) is 4. The molecule has 0 aliphatic heterocycles. The Bertz CT molecular complexity index is 3300. The van der Waals surface area contributed by atoms with Crippen LogP contribution in [0, 0.1) is 0 Å². The second kappa shape index (κ2) is 13.1. The van der Waals surface area contributed by atoms with Gasteiger partial charge in [0.2, 0.25) is 0 Å². The molecule has 0 saturated carbocycles. The molecule has 0 bridgehead atoms. The molecule has 11 aromatic rings. The predicted molar refractivity (Wildman–Crippen MR) is 232 cm³/mol. The lowest BCUT2D eigenvalue weighted by Crippen LogP contribution is -2.00. The SMILES string of the molecule is c1ccc(-c2nc(-c3ccc(-c4cc5ccncc5c5ccc6ccccc6c45)cc3)nc(-c3cccc(-c4ccc5ccc6ccccc6c5c4)c3)n2)cc1. The number of aromatic nitrogens is 4. The molecule has 0 radical (unpaired) electrons. The van der Waals surface area contributed by atoms with E-state index in [2.05, 4.69) is 157 Å². The van der Waals surface area contributed by atoms with Gasteiger partial charge in [-0.3, -0.25) is 4.98 Å². The van der Waals surface area contributed by atoms with Crippen LogP contribution in [0.3, 0.4) is 0 Å². The Kier molecular flexibility index (Phi) is 7.46. The van der Waals surface area contributed by atoms with Gasteiger partial charge in [-0.15, -0.1) is 0 Å². The minimum Gasteiger partial charge on any atom is -0.264 e. The van der Waals surface area contributed by atoms with Crippen LogP contribution in [-0.4, -0.2) is 19.9 Å². The number of hydrogen-bond acceptors (Lipinski definition) is 4. The minimum atomic E-state index is 0.628. The average Bonchev–Trinajstić information content (AvgIpc) is 3.28. The number of hydrogen-bond donors (Lipinski definition) is 0. The average molecular weight is 713 g/mol. The largest absolute Gasteiger partial charge is 0.264 e. The summed E-state index contributed by atoms with van der Waals surface area (Å²) in [4.78, 5) is 19.7. The van der Waals surface area contributed by atoms with Crippen molar-refractivity contribution >= 4 is 53.9 Å². The molecular formula is C52H32N4. The summed E-state index contributed by atoms with van der Waals surface area (Å²) in [5.74, 6) is 1.90.